The normalized spacial score (nSPS) is 12.3. The molecular weight excluding hydrogens is 322 g/mol. The van der Waals surface area contributed by atoms with Crippen molar-refractivity contribution in [2.75, 3.05) is 11.6 Å². The molecule has 1 N–H and O–H groups in total. The fourth-order valence-electron chi connectivity index (χ4n) is 2.61. The predicted octanol–water partition coefficient (Wildman–Crippen LogP) is 3.97. The summed E-state index contributed by atoms with van der Waals surface area (Å²) < 4.78 is 17.0. The average Bonchev–Trinajstić information content (AvgIpc) is 2.82. The molecule has 1 atom stereocenters. The number of rotatable bonds is 4. The Bertz CT molecular complexity index is 926. The summed E-state index contributed by atoms with van der Waals surface area (Å²) in [5.41, 5.74) is 3.55. The van der Waals surface area contributed by atoms with Crippen LogP contribution in [-0.4, -0.2) is 16.4 Å². The van der Waals surface area contributed by atoms with Gasteiger partial charge in [0.15, 0.2) is 0 Å². The predicted molar refractivity (Wildman–Crippen MR) is 96.8 cm³/mol. The van der Waals surface area contributed by atoms with E-state index in [4.69, 9.17) is 4.42 Å². The summed E-state index contributed by atoms with van der Waals surface area (Å²) in [6.45, 7) is 3.94. The van der Waals surface area contributed by atoms with E-state index in [1.807, 2.05) is 44.2 Å². The Labute approximate surface area is 143 Å². The van der Waals surface area contributed by atoms with Gasteiger partial charge in [0.25, 0.3) is 0 Å². The first-order valence-electron chi connectivity index (χ1n) is 7.66. The van der Waals surface area contributed by atoms with E-state index in [9.17, 15) is 9.00 Å². The molecule has 3 aromatic rings. The second-order valence-corrected chi connectivity index (χ2v) is 7.20. The second-order valence-electron chi connectivity index (χ2n) is 5.82. The minimum Gasteiger partial charge on any atom is -0.461 e. The smallest absolute Gasteiger partial charge is 0.228 e. The van der Waals surface area contributed by atoms with Crippen LogP contribution in [0.25, 0.3) is 11.0 Å². The van der Waals surface area contributed by atoms with Crippen LogP contribution in [0, 0.1) is 13.8 Å². The van der Waals surface area contributed by atoms with Crippen molar-refractivity contribution in [1.29, 1.82) is 0 Å². The first-order valence-corrected chi connectivity index (χ1v) is 9.22. The lowest BCUT2D eigenvalue weighted by Gasteiger charge is -2.06. The van der Waals surface area contributed by atoms with Crippen LogP contribution in [0.1, 0.15) is 16.9 Å². The van der Waals surface area contributed by atoms with E-state index in [1.165, 1.54) is 0 Å². The summed E-state index contributed by atoms with van der Waals surface area (Å²) in [5, 5.41) is 3.93. The standard InChI is InChI=1S/C19H19NO3S/c1-12-13(2)23-18-9-6-15(11-17(12)18)20-19(21)10-14-4-7-16(8-5-14)24(3)22/h4-9,11H,10H2,1-3H3,(H,20,21)/t24-/m0/s1. The fraction of sp³-hybridized carbons (Fsp3) is 0.211. The zero-order valence-electron chi connectivity index (χ0n) is 13.9. The molecular formula is C19H19NO3S. The number of hydrogen-bond acceptors (Lipinski definition) is 3. The maximum Gasteiger partial charge on any atom is 0.228 e. The van der Waals surface area contributed by atoms with E-state index >= 15 is 0 Å². The Morgan fingerprint density at radius 2 is 1.83 bits per heavy atom. The van der Waals surface area contributed by atoms with Crippen LogP contribution >= 0.6 is 0 Å². The van der Waals surface area contributed by atoms with Gasteiger partial charge in [0.2, 0.25) is 5.91 Å². The SMILES string of the molecule is Cc1oc2ccc(NC(=O)Cc3ccc([S@](C)=O)cc3)cc2c1C. The fourth-order valence-corrected chi connectivity index (χ4v) is 3.13. The third-order valence-electron chi connectivity index (χ3n) is 4.08. The molecule has 0 fully saturated rings. The Morgan fingerprint density at radius 1 is 1.12 bits per heavy atom. The highest BCUT2D eigenvalue weighted by Gasteiger charge is 2.09. The first kappa shape index (κ1) is 16.5. The quantitative estimate of drug-likeness (QED) is 0.781. The van der Waals surface area contributed by atoms with Gasteiger partial charge in [0.1, 0.15) is 11.3 Å². The minimum absolute atomic E-state index is 0.0856. The third-order valence-corrected chi connectivity index (χ3v) is 5.01. The first-order chi connectivity index (χ1) is 11.4. The molecule has 1 aromatic heterocycles. The van der Waals surface area contributed by atoms with Crippen molar-refractivity contribution in [1.82, 2.24) is 0 Å². The van der Waals surface area contributed by atoms with Crippen molar-refractivity contribution in [2.45, 2.75) is 25.2 Å². The summed E-state index contributed by atoms with van der Waals surface area (Å²) in [5.74, 6) is 0.805. The summed E-state index contributed by atoms with van der Waals surface area (Å²) in [6, 6.07) is 12.9. The molecule has 3 rings (SSSR count). The molecule has 0 spiro atoms. The highest BCUT2D eigenvalue weighted by Crippen LogP contribution is 2.27. The molecule has 0 aliphatic carbocycles. The van der Waals surface area contributed by atoms with E-state index in [2.05, 4.69) is 5.32 Å². The number of nitrogens with one attached hydrogen (secondary N) is 1. The van der Waals surface area contributed by atoms with Crippen LogP contribution in [-0.2, 0) is 22.0 Å². The van der Waals surface area contributed by atoms with Crippen molar-refractivity contribution in [3.8, 4) is 0 Å². The van der Waals surface area contributed by atoms with Gasteiger partial charge in [-0.3, -0.25) is 9.00 Å². The highest BCUT2D eigenvalue weighted by atomic mass is 32.2. The largest absolute Gasteiger partial charge is 0.461 e. The Hall–Kier alpha value is -2.40. The van der Waals surface area contributed by atoms with Gasteiger partial charge in [-0.2, -0.15) is 0 Å². The number of fused-ring (bicyclic) bond motifs is 1. The molecule has 1 heterocycles. The lowest BCUT2D eigenvalue weighted by molar-refractivity contribution is -0.115. The second kappa shape index (κ2) is 6.61. The van der Waals surface area contributed by atoms with Gasteiger partial charge >= 0.3 is 0 Å². The molecule has 0 saturated heterocycles. The number of anilines is 1. The maximum atomic E-state index is 12.2. The number of aryl methyl sites for hydroxylation is 2. The van der Waals surface area contributed by atoms with Gasteiger partial charge in [-0.15, -0.1) is 0 Å². The molecule has 1 amide bonds. The van der Waals surface area contributed by atoms with Crippen LogP contribution in [0.15, 0.2) is 51.8 Å². The summed E-state index contributed by atoms with van der Waals surface area (Å²) in [4.78, 5) is 13.0. The highest BCUT2D eigenvalue weighted by molar-refractivity contribution is 7.84. The Kier molecular flexibility index (Phi) is 4.53. The zero-order valence-corrected chi connectivity index (χ0v) is 14.7. The van der Waals surface area contributed by atoms with Crippen molar-refractivity contribution in [3.63, 3.8) is 0 Å². The van der Waals surface area contributed by atoms with Gasteiger partial charge in [-0.05, 0) is 55.3 Å². The average molecular weight is 341 g/mol. The molecule has 4 nitrogen and oxygen atoms in total. The van der Waals surface area contributed by atoms with Crippen LogP contribution in [0.5, 0.6) is 0 Å². The monoisotopic (exact) mass is 341 g/mol. The molecule has 5 heteroatoms. The topological polar surface area (TPSA) is 59.3 Å². The number of carbonyl (C=O) groups is 1. The Balaban J connectivity index is 1.72. The van der Waals surface area contributed by atoms with E-state index in [1.54, 1.807) is 18.4 Å². The minimum atomic E-state index is -1.00. The summed E-state index contributed by atoms with van der Waals surface area (Å²) >= 11 is 0. The number of hydrogen-bond donors (Lipinski definition) is 1. The number of furan rings is 1. The molecule has 0 aliphatic rings. The molecule has 2 aromatic carbocycles. The summed E-state index contributed by atoms with van der Waals surface area (Å²) in [7, 11) is -1.00. The van der Waals surface area contributed by atoms with Crippen LogP contribution in [0.2, 0.25) is 0 Å². The van der Waals surface area contributed by atoms with Gasteiger partial charge < -0.3 is 9.73 Å². The van der Waals surface area contributed by atoms with E-state index in [-0.39, 0.29) is 12.3 Å². The number of carbonyl (C=O) groups excluding carboxylic acids is 1. The van der Waals surface area contributed by atoms with Crippen LogP contribution in [0.3, 0.4) is 0 Å². The molecule has 124 valence electrons. The lowest BCUT2D eigenvalue weighted by atomic mass is 10.1. The van der Waals surface area contributed by atoms with E-state index in [0.29, 0.717) is 0 Å². The molecule has 0 bridgehead atoms. The van der Waals surface area contributed by atoms with Crippen molar-refractivity contribution in [2.24, 2.45) is 0 Å². The maximum absolute atomic E-state index is 12.2. The van der Waals surface area contributed by atoms with Crippen molar-refractivity contribution < 1.29 is 13.4 Å². The van der Waals surface area contributed by atoms with Crippen LogP contribution in [0.4, 0.5) is 5.69 Å². The van der Waals surface area contributed by atoms with E-state index in [0.717, 1.165) is 38.4 Å². The lowest BCUT2D eigenvalue weighted by Crippen LogP contribution is -2.14. The molecule has 0 radical (unpaired) electrons. The third kappa shape index (κ3) is 3.41. The number of benzene rings is 2. The molecule has 0 aliphatic heterocycles. The summed E-state index contributed by atoms with van der Waals surface area (Å²) in [6.07, 6.45) is 1.91. The molecule has 0 unspecified atom stereocenters. The van der Waals surface area contributed by atoms with Gasteiger partial charge in [-0.1, -0.05) is 12.1 Å². The van der Waals surface area contributed by atoms with Crippen molar-refractivity contribution >= 4 is 33.4 Å². The van der Waals surface area contributed by atoms with Gasteiger partial charge in [-0.25, -0.2) is 0 Å². The molecule has 0 saturated carbocycles. The molecule has 24 heavy (non-hydrogen) atoms. The van der Waals surface area contributed by atoms with Gasteiger partial charge in [0, 0.05) is 33.0 Å². The zero-order chi connectivity index (χ0) is 17.3. The van der Waals surface area contributed by atoms with E-state index < -0.39 is 10.8 Å². The van der Waals surface area contributed by atoms with Gasteiger partial charge in [0.05, 0.1) is 6.42 Å². The Morgan fingerprint density at radius 3 is 2.50 bits per heavy atom. The van der Waals surface area contributed by atoms with Crippen molar-refractivity contribution in [3.05, 3.63) is 59.4 Å². The number of amides is 1. The van der Waals surface area contributed by atoms with Crippen LogP contribution < -0.4 is 5.32 Å².